The average molecular weight is 438 g/mol. The fourth-order valence-corrected chi connectivity index (χ4v) is 4.38. The van der Waals surface area contributed by atoms with Crippen molar-refractivity contribution in [2.45, 2.75) is 30.3 Å². The van der Waals surface area contributed by atoms with Gasteiger partial charge in [-0.1, -0.05) is 29.8 Å². The lowest BCUT2D eigenvalue weighted by atomic mass is 10.0. The molecule has 0 saturated carbocycles. The van der Waals surface area contributed by atoms with Crippen molar-refractivity contribution in [2.24, 2.45) is 0 Å². The molecule has 3 aromatic rings. The number of fused-ring (bicyclic) bond motifs is 1. The third-order valence-corrected chi connectivity index (χ3v) is 6.11. The summed E-state index contributed by atoms with van der Waals surface area (Å²) in [6.07, 6.45) is 0.309. The molecule has 0 saturated heterocycles. The van der Waals surface area contributed by atoms with Crippen LogP contribution in [0.4, 0.5) is 19.0 Å². The number of benzene rings is 2. The van der Waals surface area contributed by atoms with Gasteiger partial charge in [-0.2, -0.15) is 18.3 Å². The summed E-state index contributed by atoms with van der Waals surface area (Å²) < 4.78 is 41.4. The number of hydrogen-bond donors (Lipinski definition) is 1. The zero-order valence-electron chi connectivity index (χ0n) is 15.7. The quantitative estimate of drug-likeness (QED) is 0.463. The molecule has 2 heterocycles. The summed E-state index contributed by atoms with van der Waals surface area (Å²) >= 11 is 7.93. The lowest BCUT2D eigenvalue weighted by Crippen LogP contribution is -2.10. The summed E-state index contributed by atoms with van der Waals surface area (Å²) in [6, 6.07) is 11.3. The highest BCUT2D eigenvalue weighted by Crippen LogP contribution is 2.40. The Morgan fingerprint density at radius 2 is 1.93 bits per heavy atom. The Labute approximate surface area is 176 Å². The molecular weight excluding hydrogens is 419 g/mol. The molecule has 29 heavy (non-hydrogen) atoms. The van der Waals surface area contributed by atoms with Gasteiger partial charge < -0.3 is 5.32 Å². The summed E-state index contributed by atoms with van der Waals surface area (Å²) in [5.74, 6) is 0.717. The van der Waals surface area contributed by atoms with Crippen LogP contribution >= 0.6 is 23.4 Å². The number of rotatable bonds is 3. The number of alkyl halides is 3. The molecule has 0 fully saturated rings. The zero-order valence-corrected chi connectivity index (χ0v) is 17.3. The lowest BCUT2D eigenvalue weighted by Gasteiger charge is -2.13. The van der Waals surface area contributed by atoms with Gasteiger partial charge in [-0.15, -0.1) is 11.8 Å². The molecule has 1 aliphatic rings. The standard InChI is InChI=1S/C21H19ClF3N3S/c1-29-18-8-3-2-6-14(18)19-15-7-4-5-11-26-20(15)28(27-19)17-12-13(21(23,24)25)9-10-16(17)22/h2-3,6,8-10,12,26H,4-5,7,11H2,1H3. The van der Waals surface area contributed by atoms with Crippen molar-refractivity contribution in [1.29, 1.82) is 0 Å². The Hall–Kier alpha value is -2.12. The minimum Gasteiger partial charge on any atom is -0.370 e. The molecule has 152 valence electrons. The fraction of sp³-hybridized carbons (Fsp3) is 0.286. The van der Waals surface area contributed by atoms with Crippen molar-refractivity contribution < 1.29 is 13.2 Å². The zero-order chi connectivity index (χ0) is 20.6. The topological polar surface area (TPSA) is 29.9 Å². The second-order valence-corrected chi connectivity index (χ2v) is 8.09. The highest BCUT2D eigenvalue weighted by Gasteiger charge is 2.32. The van der Waals surface area contributed by atoms with Gasteiger partial charge in [0.25, 0.3) is 0 Å². The normalized spacial score (nSPS) is 14.2. The maximum atomic E-state index is 13.3. The van der Waals surface area contributed by atoms with Gasteiger partial charge in [-0.05, 0) is 49.8 Å². The highest BCUT2D eigenvalue weighted by atomic mass is 35.5. The van der Waals surface area contributed by atoms with Crippen molar-refractivity contribution in [3.8, 4) is 16.9 Å². The molecule has 0 unspecified atom stereocenters. The molecule has 0 atom stereocenters. The number of hydrogen-bond acceptors (Lipinski definition) is 3. The van der Waals surface area contributed by atoms with Crippen LogP contribution in [0.15, 0.2) is 47.4 Å². The Bertz CT molecular complexity index is 1050. The second kappa shape index (κ2) is 7.95. The Morgan fingerprint density at radius 3 is 2.69 bits per heavy atom. The minimum atomic E-state index is -4.45. The number of nitrogens with zero attached hydrogens (tertiary/aromatic N) is 2. The molecule has 4 rings (SSSR count). The first-order valence-corrected chi connectivity index (χ1v) is 10.9. The highest BCUT2D eigenvalue weighted by molar-refractivity contribution is 7.98. The molecule has 1 N–H and O–H groups in total. The van der Waals surface area contributed by atoms with E-state index < -0.39 is 11.7 Å². The van der Waals surface area contributed by atoms with Crippen molar-refractivity contribution in [3.63, 3.8) is 0 Å². The molecule has 0 amide bonds. The van der Waals surface area contributed by atoms with Gasteiger partial charge in [-0.25, -0.2) is 4.68 Å². The third kappa shape index (κ3) is 3.85. The van der Waals surface area contributed by atoms with Gasteiger partial charge in [-0.3, -0.25) is 0 Å². The van der Waals surface area contributed by atoms with E-state index >= 15 is 0 Å². The molecule has 2 aromatic carbocycles. The summed E-state index contributed by atoms with van der Waals surface area (Å²) in [5, 5.41) is 8.34. The molecule has 8 heteroatoms. The fourth-order valence-electron chi connectivity index (χ4n) is 3.58. The van der Waals surface area contributed by atoms with E-state index in [1.165, 1.54) is 10.7 Å². The van der Waals surface area contributed by atoms with Crippen LogP contribution in [0.25, 0.3) is 16.9 Å². The number of thioether (sulfide) groups is 1. The molecule has 3 nitrogen and oxygen atoms in total. The Kier molecular flexibility index (Phi) is 5.53. The number of anilines is 1. The van der Waals surface area contributed by atoms with Crippen LogP contribution in [0.1, 0.15) is 24.0 Å². The number of nitrogens with one attached hydrogen (secondary N) is 1. The van der Waals surface area contributed by atoms with Crippen LogP contribution in [0, 0.1) is 0 Å². The summed E-state index contributed by atoms with van der Waals surface area (Å²) in [5.41, 5.74) is 2.24. The molecule has 1 aliphatic heterocycles. The number of aromatic nitrogens is 2. The SMILES string of the molecule is CSc1ccccc1-c1nn(-c2cc(C(F)(F)F)ccc2Cl)c2c1CCCCN2. The van der Waals surface area contributed by atoms with E-state index in [-0.39, 0.29) is 10.7 Å². The minimum absolute atomic E-state index is 0.221. The summed E-state index contributed by atoms with van der Waals surface area (Å²) in [4.78, 5) is 1.07. The van der Waals surface area contributed by atoms with Crippen LogP contribution in [0.5, 0.6) is 0 Å². The molecule has 0 aliphatic carbocycles. The second-order valence-electron chi connectivity index (χ2n) is 6.84. The Balaban J connectivity index is 1.95. The van der Waals surface area contributed by atoms with Crippen LogP contribution in [0.2, 0.25) is 5.02 Å². The third-order valence-electron chi connectivity index (χ3n) is 4.99. The van der Waals surface area contributed by atoms with Gasteiger partial charge in [0.1, 0.15) is 5.82 Å². The first-order chi connectivity index (χ1) is 13.9. The average Bonchev–Trinajstić information content (AvgIpc) is 2.88. The molecule has 1 aromatic heterocycles. The van der Waals surface area contributed by atoms with E-state index in [1.54, 1.807) is 11.8 Å². The first-order valence-electron chi connectivity index (χ1n) is 9.26. The smallest absolute Gasteiger partial charge is 0.370 e. The van der Waals surface area contributed by atoms with Crippen LogP contribution < -0.4 is 5.32 Å². The van der Waals surface area contributed by atoms with Gasteiger partial charge in [0.05, 0.1) is 22.0 Å². The van der Waals surface area contributed by atoms with Crippen molar-refractivity contribution in [3.05, 3.63) is 58.6 Å². The Morgan fingerprint density at radius 1 is 1.14 bits per heavy atom. The van der Waals surface area contributed by atoms with Crippen LogP contribution in [0.3, 0.4) is 0 Å². The predicted octanol–water partition coefficient (Wildman–Crippen LogP) is 6.68. The van der Waals surface area contributed by atoms with E-state index in [0.717, 1.165) is 65.5 Å². The van der Waals surface area contributed by atoms with Gasteiger partial charge in [0, 0.05) is 22.6 Å². The predicted molar refractivity (Wildman–Crippen MR) is 112 cm³/mol. The maximum absolute atomic E-state index is 13.3. The first kappa shape index (κ1) is 20.2. The number of halogens is 4. The van der Waals surface area contributed by atoms with Crippen LogP contribution in [-0.4, -0.2) is 22.6 Å². The monoisotopic (exact) mass is 437 g/mol. The molecular formula is C21H19ClF3N3S. The largest absolute Gasteiger partial charge is 0.416 e. The van der Waals surface area contributed by atoms with E-state index in [2.05, 4.69) is 5.32 Å². The van der Waals surface area contributed by atoms with E-state index in [1.807, 2.05) is 30.5 Å². The molecule has 0 radical (unpaired) electrons. The van der Waals surface area contributed by atoms with Gasteiger partial charge in [0.2, 0.25) is 0 Å². The van der Waals surface area contributed by atoms with E-state index in [9.17, 15) is 13.2 Å². The lowest BCUT2D eigenvalue weighted by molar-refractivity contribution is -0.137. The van der Waals surface area contributed by atoms with E-state index in [0.29, 0.717) is 0 Å². The maximum Gasteiger partial charge on any atom is 0.416 e. The summed E-state index contributed by atoms with van der Waals surface area (Å²) in [6.45, 7) is 0.735. The molecule has 0 spiro atoms. The van der Waals surface area contributed by atoms with E-state index in [4.69, 9.17) is 16.7 Å². The van der Waals surface area contributed by atoms with Crippen molar-refractivity contribution in [2.75, 3.05) is 18.1 Å². The van der Waals surface area contributed by atoms with Crippen molar-refractivity contribution in [1.82, 2.24) is 9.78 Å². The molecule has 0 bridgehead atoms. The van der Waals surface area contributed by atoms with Gasteiger partial charge in [0.15, 0.2) is 0 Å². The summed E-state index contributed by atoms with van der Waals surface area (Å²) in [7, 11) is 0. The van der Waals surface area contributed by atoms with Crippen LogP contribution in [-0.2, 0) is 12.6 Å². The van der Waals surface area contributed by atoms with Crippen molar-refractivity contribution >= 4 is 29.2 Å². The van der Waals surface area contributed by atoms with Gasteiger partial charge >= 0.3 is 6.18 Å².